The summed E-state index contributed by atoms with van der Waals surface area (Å²) in [5.41, 5.74) is 4.62. The van der Waals surface area contributed by atoms with Crippen LogP contribution in [0.1, 0.15) is 23.1 Å². The van der Waals surface area contributed by atoms with Gasteiger partial charge in [0.05, 0.1) is 11.4 Å². The van der Waals surface area contributed by atoms with Crippen molar-refractivity contribution in [2.24, 2.45) is 0 Å². The number of aryl methyl sites for hydroxylation is 1. The molecule has 4 heteroatoms. The fourth-order valence-corrected chi connectivity index (χ4v) is 3.13. The predicted molar refractivity (Wildman–Crippen MR) is 83.3 cm³/mol. The van der Waals surface area contributed by atoms with Crippen LogP contribution in [0.2, 0.25) is 5.02 Å². The van der Waals surface area contributed by atoms with Gasteiger partial charge in [0.2, 0.25) is 5.78 Å². The van der Waals surface area contributed by atoms with E-state index in [0.29, 0.717) is 5.02 Å². The van der Waals surface area contributed by atoms with Crippen LogP contribution < -0.4 is 0 Å². The average Bonchev–Trinajstić information content (AvgIpc) is 3.15. The summed E-state index contributed by atoms with van der Waals surface area (Å²) in [5.74, 6) is 0.0945. The van der Waals surface area contributed by atoms with Gasteiger partial charge in [-0.2, -0.15) is 0 Å². The molecule has 0 saturated heterocycles. The van der Waals surface area contributed by atoms with Crippen molar-refractivity contribution >= 4 is 17.4 Å². The van der Waals surface area contributed by atoms with E-state index in [1.54, 1.807) is 0 Å². The summed E-state index contributed by atoms with van der Waals surface area (Å²) in [6.07, 6.45) is 3.99. The van der Waals surface area contributed by atoms with E-state index in [9.17, 15) is 4.79 Å². The number of hydrogen-bond acceptors (Lipinski definition) is 1. The number of ketones is 1. The number of aromatic nitrogens is 2. The first kappa shape index (κ1) is 12.5. The summed E-state index contributed by atoms with van der Waals surface area (Å²) in [4.78, 5) is 12.6. The molecule has 21 heavy (non-hydrogen) atoms. The molecule has 4 rings (SSSR count). The number of benzene rings is 1. The summed E-state index contributed by atoms with van der Waals surface area (Å²) in [5, 5.41) is 0.711. The molecule has 0 radical (unpaired) electrons. The number of hydrogen-bond donors (Lipinski definition) is 0. The van der Waals surface area contributed by atoms with Crippen LogP contribution in [0.5, 0.6) is 0 Å². The highest BCUT2D eigenvalue weighted by Gasteiger charge is 2.32. The maximum Gasteiger partial charge on any atom is 0.228 e. The second-order valence-electron chi connectivity index (χ2n) is 5.13. The largest absolute Gasteiger partial charge is 0.343 e. The molecular weight excluding hydrogens is 284 g/mol. The van der Waals surface area contributed by atoms with E-state index in [2.05, 4.69) is 6.20 Å². The Kier molecular flexibility index (Phi) is 2.59. The quantitative estimate of drug-likeness (QED) is 0.545. The maximum absolute atomic E-state index is 12.6. The monoisotopic (exact) mass is 296 g/mol. The van der Waals surface area contributed by atoms with Gasteiger partial charge >= 0.3 is 0 Å². The van der Waals surface area contributed by atoms with Crippen molar-refractivity contribution < 1.29 is 4.79 Å². The molecule has 0 amide bonds. The van der Waals surface area contributed by atoms with Crippen LogP contribution >= 0.6 is 11.6 Å². The van der Waals surface area contributed by atoms with E-state index in [1.807, 2.05) is 58.7 Å². The fraction of sp³-hybridized carbons (Fsp3) is 0.118. The smallest absolute Gasteiger partial charge is 0.228 e. The highest BCUT2D eigenvalue weighted by atomic mass is 35.5. The lowest BCUT2D eigenvalue weighted by molar-refractivity contribution is 0.103. The van der Waals surface area contributed by atoms with Gasteiger partial charge in [0, 0.05) is 29.5 Å². The van der Waals surface area contributed by atoms with Gasteiger partial charge in [0.1, 0.15) is 5.69 Å². The van der Waals surface area contributed by atoms with E-state index in [4.69, 9.17) is 11.6 Å². The van der Waals surface area contributed by atoms with Gasteiger partial charge in [0.15, 0.2) is 0 Å². The zero-order valence-electron chi connectivity index (χ0n) is 11.5. The predicted octanol–water partition coefficient (Wildman–Crippen LogP) is 4.16. The molecule has 0 fully saturated rings. The minimum absolute atomic E-state index is 0.0945. The van der Waals surface area contributed by atoms with Gasteiger partial charge in [-0.1, -0.05) is 23.7 Å². The Hall–Kier alpha value is -2.26. The molecule has 0 unspecified atom stereocenters. The van der Waals surface area contributed by atoms with Gasteiger partial charge in [-0.3, -0.25) is 4.79 Å². The Labute approximate surface area is 127 Å². The average molecular weight is 297 g/mol. The Balaban J connectivity index is 2.02. The van der Waals surface area contributed by atoms with Crippen molar-refractivity contribution in [3.8, 4) is 16.8 Å². The number of fused-ring (bicyclic) bond motifs is 3. The van der Waals surface area contributed by atoms with Gasteiger partial charge in [-0.05, 0) is 36.8 Å². The van der Waals surface area contributed by atoms with Crippen molar-refractivity contribution in [2.45, 2.75) is 13.5 Å². The number of rotatable bonds is 2. The molecule has 3 heterocycles. The van der Waals surface area contributed by atoms with E-state index in [-0.39, 0.29) is 5.78 Å². The summed E-state index contributed by atoms with van der Waals surface area (Å²) in [6.45, 7) is 2.82. The molecule has 1 aliphatic heterocycles. The second kappa shape index (κ2) is 4.37. The fourth-order valence-electron chi connectivity index (χ4n) is 3.00. The third-order valence-electron chi connectivity index (χ3n) is 3.98. The molecule has 3 nitrogen and oxygen atoms in total. The second-order valence-corrected chi connectivity index (χ2v) is 5.56. The van der Waals surface area contributed by atoms with E-state index in [0.717, 1.165) is 34.7 Å². The van der Waals surface area contributed by atoms with Crippen LogP contribution in [0.3, 0.4) is 0 Å². The van der Waals surface area contributed by atoms with Crippen molar-refractivity contribution in [3.63, 3.8) is 0 Å². The molecule has 0 saturated carbocycles. The van der Waals surface area contributed by atoms with E-state index >= 15 is 0 Å². The van der Waals surface area contributed by atoms with E-state index in [1.165, 1.54) is 0 Å². The number of carbonyl (C=O) groups excluding carboxylic acids is 1. The van der Waals surface area contributed by atoms with Crippen molar-refractivity contribution in [2.75, 3.05) is 0 Å². The van der Waals surface area contributed by atoms with E-state index < -0.39 is 0 Å². The first-order valence-corrected chi connectivity index (χ1v) is 7.30. The van der Waals surface area contributed by atoms with Crippen LogP contribution in [0.15, 0.2) is 48.8 Å². The normalized spacial score (nSPS) is 12.6. The number of nitrogens with zero attached hydrogens (tertiary/aromatic N) is 2. The molecule has 0 spiro atoms. The summed E-state index contributed by atoms with van der Waals surface area (Å²) < 4.78 is 4.00. The number of carbonyl (C=O) groups is 1. The Bertz CT molecular complexity index is 856. The Morgan fingerprint density at radius 2 is 1.90 bits per heavy atom. The molecule has 1 aliphatic rings. The molecule has 0 atom stereocenters. The van der Waals surface area contributed by atoms with Crippen LogP contribution in [0, 0.1) is 0 Å². The number of halogens is 1. The summed E-state index contributed by atoms with van der Waals surface area (Å²) in [7, 11) is 0. The zero-order chi connectivity index (χ0) is 14.6. The third kappa shape index (κ3) is 1.64. The van der Waals surface area contributed by atoms with Crippen molar-refractivity contribution in [1.29, 1.82) is 0 Å². The molecule has 3 aromatic rings. The molecule has 2 aromatic heterocycles. The highest BCUT2D eigenvalue weighted by Crippen LogP contribution is 2.38. The lowest BCUT2D eigenvalue weighted by Gasteiger charge is -2.04. The first-order chi connectivity index (χ1) is 10.2. The lowest BCUT2D eigenvalue weighted by Crippen LogP contribution is -2.05. The van der Waals surface area contributed by atoms with Crippen LogP contribution in [0.25, 0.3) is 16.8 Å². The molecular formula is C17H13ClN2O. The highest BCUT2D eigenvalue weighted by molar-refractivity contribution is 6.30. The molecule has 0 N–H and O–H groups in total. The van der Waals surface area contributed by atoms with Gasteiger partial charge in [0.25, 0.3) is 0 Å². The van der Waals surface area contributed by atoms with Gasteiger partial charge < -0.3 is 9.13 Å². The van der Waals surface area contributed by atoms with Crippen LogP contribution in [-0.2, 0) is 6.54 Å². The molecule has 0 aliphatic carbocycles. The summed E-state index contributed by atoms with van der Waals surface area (Å²) in [6, 6.07) is 11.5. The third-order valence-corrected chi connectivity index (χ3v) is 4.24. The minimum atomic E-state index is 0.0945. The zero-order valence-corrected chi connectivity index (χ0v) is 12.3. The van der Waals surface area contributed by atoms with Gasteiger partial charge in [-0.25, -0.2) is 0 Å². The molecule has 0 bridgehead atoms. The maximum atomic E-state index is 12.6. The van der Waals surface area contributed by atoms with Crippen molar-refractivity contribution in [3.05, 3.63) is 65.2 Å². The molecule has 1 aromatic carbocycles. The minimum Gasteiger partial charge on any atom is -0.343 e. The Morgan fingerprint density at radius 3 is 2.62 bits per heavy atom. The van der Waals surface area contributed by atoms with Crippen LogP contribution in [0.4, 0.5) is 0 Å². The standard InChI is InChI=1S/C17H13ClN2O/c1-2-19-10-13(11-5-7-12(18)8-6-11)15-16(19)17(21)14-4-3-9-20(14)15/h3-10H,2H2,1H3. The van der Waals surface area contributed by atoms with Crippen molar-refractivity contribution in [1.82, 2.24) is 9.13 Å². The topological polar surface area (TPSA) is 26.9 Å². The first-order valence-electron chi connectivity index (χ1n) is 6.92. The Morgan fingerprint density at radius 1 is 1.14 bits per heavy atom. The lowest BCUT2D eigenvalue weighted by atomic mass is 10.1. The van der Waals surface area contributed by atoms with Gasteiger partial charge in [-0.15, -0.1) is 0 Å². The van der Waals surface area contributed by atoms with Crippen LogP contribution in [-0.4, -0.2) is 14.9 Å². The SMILES string of the molecule is CCn1cc(-c2ccc(Cl)cc2)c2c1C(=O)c1cccn1-2. The molecule has 104 valence electrons. The summed E-state index contributed by atoms with van der Waals surface area (Å²) >= 11 is 5.97.